The van der Waals surface area contributed by atoms with Crippen LogP contribution in [0.25, 0.3) is 0 Å². The molecule has 0 aliphatic carbocycles. The molecule has 0 aromatic heterocycles. The third-order valence-corrected chi connectivity index (χ3v) is 2.83. The number of hydrogen-bond donors (Lipinski definition) is 3. The molecule has 1 aromatic rings. The molecule has 9 heteroatoms. The van der Waals surface area contributed by atoms with Crippen molar-refractivity contribution >= 4 is 45.6 Å². The van der Waals surface area contributed by atoms with Gasteiger partial charge in [0.15, 0.2) is 5.96 Å². The summed E-state index contributed by atoms with van der Waals surface area (Å²) in [6.07, 6.45) is 1.09. The molecule has 4 N–H and O–H groups in total. The number of halogens is 1. The van der Waals surface area contributed by atoms with Crippen LogP contribution in [0.5, 0.6) is 5.75 Å². The van der Waals surface area contributed by atoms with E-state index in [0.717, 1.165) is 11.9 Å². The fourth-order valence-electron chi connectivity index (χ4n) is 1.30. The highest BCUT2D eigenvalue weighted by atomic mass is 127. The zero-order valence-electron chi connectivity index (χ0n) is 11.3. The number of ether oxygens (including phenoxy) is 1. The number of anilines is 1. The number of benzene rings is 1. The predicted molar refractivity (Wildman–Crippen MR) is 91.4 cm³/mol. The predicted octanol–water partition coefficient (Wildman–Crippen LogP) is 0.589. The van der Waals surface area contributed by atoms with Gasteiger partial charge in [0.25, 0.3) is 0 Å². The molecule has 0 atom stereocenters. The van der Waals surface area contributed by atoms with Gasteiger partial charge in [0.1, 0.15) is 5.75 Å². The Hall–Kier alpha value is -1.07. The normalized spacial score (nSPS) is 11.6. The van der Waals surface area contributed by atoms with Gasteiger partial charge in [-0.3, -0.25) is 4.99 Å². The standard InChI is InChI=1S/C11H18N4O3S.HI/c1-18-10-5-3-4-9(8-10)15-11(12)13-6-7-14-19(2,16)17;/h3-5,8,14H,6-7H2,1-2H3,(H3,12,13,15);1H. The number of methoxy groups -OCH3 is 1. The highest BCUT2D eigenvalue weighted by molar-refractivity contribution is 14.0. The van der Waals surface area contributed by atoms with E-state index < -0.39 is 10.0 Å². The minimum absolute atomic E-state index is 0. The summed E-state index contributed by atoms with van der Waals surface area (Å²) in [5, 5.41) is 2.88. The van der Waals surface area contributed by atoms with Crippen molar-refractivity contribution in [3.63, 3.8) is 0 Å². The molecule has 0 spiro atoms. The zero-order chi connectivity index (χ0) is 14.3. The second-order valence-electron chi connectivity index (χ2n) is 3.79. The lowest BCUT2D eigenvalue weighted by atomic mass is 10.3. The summed E-state index contributed by atoms with van der Waals surface area (Å²) in [4.78, 5) is 3.99. The Morgan fingerprint density at radius 1 is 1.45 bits per heavy atom. The Morgan fingerprint density at radius 2 is 2.15 bits per heavy atom. The maximum absolute atomic E-state index is 10.8. The zero-order valence-corrected chi connectivity index (χ0v) is 14.4. The molecule has 0 aliphatic rings. The molecule has 0 saturated heterocycles. The molecule has 1 rings (SSSR count). The first-order chi connectivity index (χ1) is 8.90. The van der Waals surface area contributed by atoms with Gasteiger partial charge in [-0.15, -0.1) is 24.0 Å². The Bertz CT molecular complexity index is 548. The second-order valence-corrected chi connectivity index (χ2v) is 5.62. The quantitative estimate of drug-likeness (QED) is 0.274. The Labute approximate surface area is 136 Å². The van der Waals surface area contributed by atoms with Gasteiger partial charge >= 0.3 is 0 Å². The summed E-state index contributed by atoms with van der Waals surface area (Å²) in [7, 11) is -1.61. The van der Waals surface area contributed by atoms with E-state index >= 15 is 0 Å². The number of guanidine groups is 1. The van der Waals surface area contributed by atoms with Gasteiger partial charge in [0.05, 0.1) is 19.9 Å². The summed E-state index contributed by atoms with van der Waals surface area (Å²) in [6.45, 7) is 0.467. The first kappa shape index (κ1) is 18.9. The minimum Gasteiger partial charge on any atom is -0.497 e. The Kier molecular flexibility index (Phi) is 8.49. The highest BCUT2D eigenvalue weighted by Gasteiger charge is 1.99. The van der Waals surface area contributed by atoms with E-state index in [0.29, 0.717) is 5.75 Å². The van der Waals surface area contributed by atoms with E-state index in [2.05, 4.69) is 15.0 Å². The van der Waals surface area contributed by atoms with Crippen LogP contribution in [0.1, 0.15) is 0 Å². The molecule has 0 bridgehead atoms. The van der Waals surface area contributed by atoms with E-state index in [1.807, 2.05) is 18.2 Å². The second kappa shape index (κ2) is 8.97. The molecule has 0 fully saturated rings. The first-order valence-electron chi connectivity index (χ1n) is 5.56. The number of rotatable bonds is 6. The highest BCUT2D eigenvalue weighted by Crippen LogP contribution is 2.16. The van der Waals surface area contributed by atoms with Gasteiger partial charge in [0.2, 0.25) is 10.0 Å². The number of nitrogens with two attached hydrogens (primary N) is 1. The molecule has 114 valence electrons. The number of sulfonamides is 1. The maximum Gasteiger partial charge on any atom is 0.208 e. The molecule has 0 heterocycles. The van der Waals surface area contributed by atoms with Gasteiger partial charge < -0.3 is 15.8 Å². The van der Waals surface area contributed by atoms with Gasteiger partial charge in [-0.2, -0.15) is 0 Å². The third-order valence-electron chi connectivity index (χ3n) is 2.10. The van der Waals surface area contributed by atoms with E-state index in [1.54, 1.807) is 13.2 Å². The van der Waals surface area contributed by atoms with Crippen molar-refractivity contribution in [2.45, 2.75) is 0 Å². The fourth-order valence-corrected chi connectivity index (χ4v) is 1.76. The monoisotopic (exact) mass is 414 g/mol. The van der Waals surface area contributed by atoms with Crippen LogP contribution in [0, 0.1) is 0 Å². The van der Waals surface area contributed by atoms with Crippen LogP contribution in [0.4, 0.5) is 5.69 Å². The van der Waals surface area contributed by atoms with Crippen LogP contribution >= 0.6 is 24.0 Å². The molecule has 20 heavy (non-hydrogen) atoms. The van der Waals surface area contributed by atoms with Crippen LogP contribution in [-0.2, 0) is 10.0 Å². The van der Waals surface area contributed by atoms with Crippen LogP contribution in [0.2, 0.25) is 0 Å². The third kappa shape index (κ3) is 8.17. The summed E-state index contributed by atoms with van der Waals surface area (Å²) < 4.78 is 29.0. The summed E-state index contributed by atoms with van der Waals surface area (Å²) in [5.41, 5.74) is 6.41. The Balaban J connectivity index is 0.00000361. The van der Waals surface area contributed by atoms with Crippen LogP contribution in [0.3, 0.4) is 0 Å². The number of hydrogen-bond acceptors (Lipinski definition) is 4. The average Bonchev–Trinajstić information content (AvgIpc) is 2.34. The molecular formula is C11H19IN4O3S. The van der Waals surface area contributed by atoms with E-state index in [9.17, 15) is 8.42 Å². The summed E-state index contributed by atoms with van der Waals surface area (Å²) >= 11 is 0. The molecule has 0 unspecified atom stereocenters. The maximum atomic E-state index is 10.8. The van der Waals surface area contributed by atoms with Crippen molar-refractivity contribution in [2.75, 3.05) is 31.8 Å². The summed E-state index contributed by atoms with van der Waals surface area (Å²) in [6, 6.07) is 7.23. The molecule has 1 aromatic carbocycles. The number of aliphatic imine (C=N–C) groups is 1. The molecule has 0 aliphatic heterocycles. The SMILES string of the molecule is COc1cccc(NC(N)=NCCNS(C)(=O)=O)c1.I. The van der Waals surface area contributed by atoms with Crippen molar-refractivity contribution in [3.05, 3.63) is 24.3 Å². The molecule has 0 saturated carbocycles. The van der Waals surface area contributed by atoms with Gasteiger partial charge in [-0.05, 0) is 12.1 Å². The largest absolute Gasteiger partial charge is 0.497 e. The minimum atomic E-state index is -3.19. The molecular weight excluding hydrogens is 395 g/mol. The van der Waals surface area contributed by atoms with Gasteiger partial charge in [-0.1, -0.05) is 6.07 Å². The lowest BCUT2D eigenvalue weighted by Crippen LogP contribution is -2.27. The first-order valence-corrected chi connectivity index (χ1v) is 7.45. The Morgan fingerprint density at radius 3 is 2.75 bits per heavy atom. The van der Waals surface area contributed by atoms with Crippen molar-refractivity contribution < 1.29 is 13.2 Å². The van der Waals surface area contributed by atoms with Crippen molar-refractivity contribution in [1.82, 2.24) is 4.72 Å². The molecule has 7 nitrogen and oxygen atoms in total. The van der Waals surface area contributed by atoms with Crippen molar-refractivity contribution in [2.24, 2.45) is 10.7 Å². The fraction of sp³-hybridized carbons (Fsp3) is 0.364. The summed E-state index contributed by atoms with van der Waals surface area (Å²) in [5.74, 6) is 0.917. The van der Waals surface area contributed by atoms with Crippen LogP contribution in [-0.4, -0.2) is 40.8 Å². The number of nitrogens with zero attached hydrogens (tertiary/aromatic N) is 1. The lowest BCUT2D eigenvalue weighted by Gasteiger charge is -2.07. The van der Waals surface area contributed by atoms with E-state index in [4.69, 9.17) is 10.5 Å². The van der Waals surface area contributed by atoms with E-state index in [-0.39, 0.29) is 43.0 Å². The topological polar surface area (TPSA) is 106 Å². The van der Waals surface area contributed by atoms with Crippen molar-refractivity contribution in [3.8, 4) is 5.75 Å². The van der Waals surface area contributed by atoms with Gasteiger partial charge in [0, 0.05) is 18.3 Å². The van der Waals surface area contributed by atoms with Crippen LogP contribution in [0.15, 0.2) is 29.3 Å². The molecule has 0 amide bonds. The van der Waals surface area contributed by atoms with E-state index in [1.165, 1.54) is 0 Å². The van der Waals surface area contributed by atoms with Crippen molar-refractivity contribution in [1.29, 1.82) is 0 Å². The van der Waals surface area contributed by atoms with Gasteiger partial charge in [-0.25, -0.2) is 13.1 Å². The lowest BCUT2D eigenvalue weighted by molar-refractivity contribution is 0.415. The number of nitrogens with one attached hydrogen (secondary N) is 2. The molecule has 0 radical (unpaired) electrons. The smallest absolute Gasteiger partial charge is 0.208 e. The average molecular weight is 414 g/mol. The van der Waals surface area contributed by atoms with Crippen LogP contribution < -0.4 is 20.5 Å².